The fourth-order valence-corrected chi connectivity index (χ4v) is 4.76. The Labute approximate surface area is 133 Å². The van der Waals surface area contributed by atoms with Gasteiger partial charge in [-0.1, -0.05) is 43.7 Å². The molecular weight excluding hydrogens is 298 g/mol. The first kappa shape index (κ1) is 17.0. The number of sulfone groups is 1. The van der Waals surface area contributed by atoms with E-state index < -0.39 is 9.84 Å². The Hall–Kier alpha value is -1.36. The molecule has 0 aromatic heterocycles. The summed E-state index contributed by atoms with van der Waals surface area (Å²) in [6, 6.07) is 8.13. The van der Waals surface area contributed by atoms with Gasteiger partial charge in [0.05, 0.1) is 11.0 Å². The second-order valence-corrected chi connectivity index (χ2v) is 8.96. The molecule has 22 heavy (non-hydrogen) atoms. The van der Waals surface area contributed by atoms with E-state index in [0.717, 1.165) is 5.56 Å². The van der Waals surface area contributed by atoms with E-state index in [9.17, 15) is 13.2 Å². The molecule has 1 aromatic rings. The van der Waals surface area contributed by atoms with Crippen molar-refractivity contribution >= 4 is 15.7 Å². The van der Waals surface area contributed by atoms with Crippen LogP contribution in [0.4, 0.5) is 0 Å². The average Bonchev–Trinajstić information content (AvgIpc) is 2.32. The van der Waals surface area contributed by atoms with Crippen molar-refractivity contribution in [3.8, 4) is 0 Å². The summed E-state index contributed by atoms with van der Waals surface area (Å²) in [7, 11) is -3.06. The monoisotopic (exact) mass is 323 g/mol. The maximum atomic E-state index is 12.1. The van der Waals surface area contributed by atoms with Gasteiger partial charge in [0.2, 0.25) is 5.91 Å². The lowest BCUT2D eigenvalue weighted by atomic mass is 10.1. The molecule has 0 atom stereocenters. The Morgan fingerprint density at radius 3 is 2.59 bits per heavy atom. The van der Waals surface area contributed by atoms with Crippen LogP contribution in [0.25, 0.3) is 0 Å². The Kier molecular flexibility index (Phi) is 5.27. The van der Waals surface area contributed by atoms with Gasteiger partial charge in [-0.2, -0.15) is 0 Å². The first-order valence-electron chi connectivity index (χ1n) is 7.83. The summed E-state index contributed by atoms with van der Waals surface area (Å²) in [5.74, 6) is 0.400. The summed E-state index contributed by atoms with van der Waals surface area (Å²) in [5, 5.41) is -0.363. The van der Waals surface area contributed by atoms with Crippen LogP contribution < -0.4 is 0 Å². The van der Waals surface area contributed by atoms with E-state index in [2.05, 4.69) is 6.07 Å². The summed E-state index contributed by atoms with van der Waals surface area (Å²) in [6.07, 6.45) is 1.15. The fraction of sp³-hybridized carbons (Fsp3) is 0.588. The van der Waals surface area contributed by atoms with Crippen LogP contribution in [0.2, 0.25) is 0 Å². The van der Waals surface area contributed by atoms with Crippen molar-refractivity contribution < 1.29 is 13.2 Å². The van der Waals surface area contributed by atoms with Crippen LogP contribution >= 0.6 is 0 Å². The molecular formula is C17H25NO3S. The Morgan fingerprint density at radius 2 is 2.00 bits per heavy atom. The van der Waals surface area contributed by atoms with E-state index in [4.69, 9.17) is 0 Å². The summed E-state index contributed by atoms with van der Waals surface area (Å²) in [6.45, 7) is 6.57. The van der Waals surface area contributed by atoms with E-state index in [1.165, 1.54) is 5.56 Å². The second kappa shape index (κ2) is 6.82. The molecule has 4 nitrogen and oxygen atoms in total. The van der Waals surface area contributed by atoms with Gasteiger partial charge in [0, 0.05) is 19.5 Å². The number of amides is 1. The molecule has 0 bridgehead atoms. The molecule has 1 saturated heterocycles. The molecule has 1 aliphatic heterocycles. The van der Waals surface area contributed by atoms with Crippen LogP contribution in [-0.4, -0.2) is 43.3 Å². The molecule has 1 aromatic carbocycles. The van der Waals surface area contributed by atoms with Crippen LogP contribution in [0.1, 0.15) is 31.4 Å². The van der Waals surface area contributed by atoms with E-state index in [1.807, 2.05) is 39.0 Å². The molecule has 0 N–H and O–H groups in total. The molecule has 0 aliphatic carbocycles. The minimum Gasteiger partial charge on any atom is -0.340 e. The summed E-state index contributed by atoms with van der Waals surface area (Å²) in [5.41, 5.74) is 2.34. The minimum atomic E-state index is -3.06. The molecule has 1 aliphatic rings. The van der Waals surface area contributed by atoms with Gasteiger partial charge < -0.3 is 4.90 Å². The van der Waals surface area contributed by atoms with Gasteiger partial charge in [0.15, 0.2) is 9.84 Å². The summed E-state index contributed by atoms with van der Waals surface area (Å²) >= 11 is 0. The van der Waals surface area contributed by atoms with Crippen molar-refractivity contribution in [3.63, 3.8) is 0 Å². The molecule has 1 fully saturated rings. The lowest BCUT2D eigenvalue weighted by Gasteiger charge is -2.39. The van der Waals surface area contributed by atoms with Crippen molar-refractivity contribution in [1.82, 2.24) is 4.90 Å². The highest BCUT2D eigenvalue weighted by Crippen LogP contribution is 2.20. The van der Waals surface area contributed by atoms with Crippen molar-refractivity contribution in [2.75, 3.05) is 18.8 Å². The predicted molar refractivity (Wildman–Crippen MR) is 88.5 cm³/mol. The number of aryl methyl sites for hydroxylation is 2. The smallest absolute Gasteiger partial charge is 0.222 e. The molecule has 0 radical (unpaired) electrons. The highest BCUT2D eigenvalue weighted by atomic mass is 32.2. The third kappa shape index (κ3) is 4.32. The molecule has 0 unspecified atom stereocenters. The van der Waals surface area contributed by atoms with Crippen LogP contribution in [-0.2, 0) is 21.1 Å². The second-order valence-electron chi connectivity index (χ2n) is 6.63. The molecule has 2 rings (SSSR count). The zero-order chi connectivity index (χ0) is 16.3. The first-order valence-corrected chi connectivity index (χ1v) is 9.54. The third-order valence-corrected chi connectivity index (χ3v) is 6.43. The largest absolute Gasteiger partial charge is 0.340 e. The highest BCUT2D eigenvalue weighted by Gasteiger charge is 2.39. The Morgan fingerprint density at radius 1 is 1.32 bits per heavy atom. The maximum Gasteiger partial charge on any atom is 0.222 e. The van der Waals surface area contributed by atoms with Gasteiger partial charge in [0.1, 0.15) is 0 Å². The lowest BCUT2D eigenvalue weighted by molar-refractivity contribution is -0.134. The standard InChI is InChI=1S/C17H25NO3S/c1-13(2)12-22(20,21)16-10-18(11-16)17(19)8-7-15-6-4-5-14(3)9-15/h4-6,9,13,16H,7-8,10-12H2,1-3H3. The van der Waals surface area contributed by atoms with Gasteiger partial charge in [-0.25, -0.2) is 8.42 Å². The quantitative estimate of drug-likeness (QED) is 0.806. The van der Waals surface area contributed by atoms with Gasteiger partial charge in [-0.3, -0.25) is 4.79 Å². The zero-order valence-corrected chi connectivity index (χ0v) is 14.4. The topological polar surface area (TPSA) is 54.5 Å². The van der Waals surface area contributed by atoms with E-state index in [-0.39, 0.29) is 22.8 Å². The SMILES string of the molecule is Cc1cccc(CCC(=O)N2CC(S(=O)(=O)CC(C)C)C2)c1. The molecule has 5 heteroatoms. The van der Waals surface area contributed by atoms with Gasteiger partial charge in [-0.05, 0) is 24.8 Å². The average molecular weight is 323 g/mol. The minimum absolute atomic E-state index is 0.0532. The molecule has 0 spiro atoms. The van der Waals surface area contributed by atoms with Gasteiger partial charge in [0.25, 0.3) is 0 Å². The van der Waals surface area contributed by atoms with Crippen molar-refractivity contribution in [2.24, 2.45) is 5.92 Å². The third-order valence-electron chi connectivity index (χ3n) is 3.98. The Balaban J connectivity index is 1.80. The van der Waals surface area contributed by atoms with Crippen LogP contribution in [0.15, 0.2) is 24.3 Å². The summed E-state index contributed by atoms with van der Waals surface area (Å²) < 4.78 is 24.1. The number of likely N-dealkylation sites (tertiary alicyclic amines) is 1. The van der Waals surface area contributed by atoms with Crippen molar-refractivity contribution in [2.45, 2.75) is 38.9 Å². The highest BCUT2D eigenvalue weighted by molar-refractivity contribution is 7.92. The lowest BCUT2D eigenvalue weighted by Crippen LogP contribution is -2.57. The fourth-order valence-electron chi connectivity index (χ4n) is 2.75. The van der Waals surface area contributed by atoms with Crippen LogP contribution in [0.3, 0.4) is 0 Å². The van der Waals surface area contributed by atoms with E-state index in [1.54, 1.807) is 4.90 Å². The van der Waals surface area contributed by atoms with Crippen molar-refractivity contribution in [1.29, 1.82) is 0 Å². The molecule has 1 amide bonds. The number of rotatable bonds is 6. The zero-order valence-electron chi connectivity index (χ0n) is 13.6. The van der Waals surface area contributed by atoms with E-state index >= 15 is 0 Å². The van der Waals surface area contributed by atoms with Crippen molar-refractivity contribution in [3.05, 3.63) is 35.4 Å². The van der Waals surface area contributed by atoms with Gasteiger partial charge >= 0.3 is 0 Å². The normalized spacial score (nSPS) is 15.9. The maximum absolute atomic E-state index is 12.1. The van der Waals surface area contributed by atoms with E-state index in [0.29, 0.717) is 25.9 Å². The number of benzene rings is 1. The number of nitrogens with zero attached hydrogens (tertiary/aromatic N) is 1. The van der Waals surface area contributed by atoms with Crippen LogP contribution in [0.5, 0.6) is 0 Å². The van der Waals surface area contributed by atoms with Crippen LogP contribution in [0, 0.1) is 12.8 Å². The van der Waals surface area contributed by atoms with Gasteiger partial charge in [-0.15, -0.1) is 0 Å². The Bertz CT molecular complexity index is 631. The summed E-state index contributed by atoms with van der Waals surface area (Å²) in [4.78, 5) is 13.8. The first-order chi connectivity index (χ1) is 10.3. The number of hydrogen-bond acceptors (Lipinski definition) is 3. The number of carbonyl (C=O) groups is 1. The predicted octanol–water partition coefficient (Wildman–Crippen LogP) is 2.21. The number of carbonyl (C=O) groups excluding carboxylic acids is 1. The number of hydrogen-bond donors (Lipinski definition) is 0. The molecule has 1 heterocycles. The molecule has 0 saturated carbocycles. The molecule has 122 valence electrons.